The molecule has 0 radical (unpaired) electrons. The SMILES string of the molecule is CCOC(=O)[C@@H]1[C@H]2C(=O)N([C@@H](CO)[C@@H](C)CC)C(C(=O)NC(C)(C)C)C23CC[C@@]1(C)O3. The van der Waals surface area contributed by atoms with Crippen molar-refractivity contribution in [2.45, 2.75) is 96.6 Å². The van der Waals surface area contributed by atoms with Gasteiger partial charge in [0.15, 0.2) is 0 Å². The summed E-state index contributed by atoms with van der Waals surface area (Å²) >= 11 is 0. The van der Waals surface area contributed by atoms with Crippen LogP contribution >= 0.6 is 0 Å². The zero-order valence-corrected chi connectivity index (χ0v) is 19.9. The van der Waals surface area contributed by atoms with Crippen LogP contribution in [0.2, 0.25) is 0 Å². The molecule has 3 heterocycles. The molecular formula is C23H38N2O6. The summed E-state index contributed by atoms with van der Waals surface area (Å²) in [7, 11) is 0. The molecule has 2 unspecified atom stereocenters. The van der Waals surface area contributed by atoms with Crippen molar-refractivity contribution < 1.29 is 29.0 Å². The number of hydrogen-bond donors (Lipinski definition) is 2. The lowest BCUT2D eigenvalue weighted by atomic mass is 9.66. The standard InChI is InChI=1S/C23H38N2O6/c1-8-13(3)14(12-26)25-17(18(27)24-21(4,5)6)23-11-10-22(7,31-23)16(15(23)19(25)28)20(29)30-9-2/h13-17,26H,8-12H2,1-7H3,(H,24,27)/t13-,14-,15-,16-,17?,22+,23?/m0/s1. The summed E-state index contributed by atoms with van der Waals surface area (Å²) in [6.45, 7) is 13.1. The van der Waals surface area contributed by atoms with Gasteiger partial charge in [0.1, 0.15) is 17.6 Å². The van der Waals surface area contributed by atoms with Crippen LogP contribution in [0.25, 0.3) is 0 Å². The molecule has 0 aromatic rings. The van der Waals surface area contributed by atoms with Crippen molar-refractivity contribution in [3.63, 3.8) is 0 Å². The Kier molecular flexibility index (Phi) is 6.21. The average Bonchev–Trinajstić information content (AvgIpc) is 3.22. The van der Waals surface area contributed by atoms with Crippen LogP contribution < -0.4 is 5.32 Å². The number of hydrogen-bond acceptors (Lipinski definition) is 6. The Bertz CT molecular complexity index is 749. The van der Waals surface area contributed by atoms with Gasteiger partial charge >= 0.3 is 5.97 Å². The second kappa shape index (κ2) is 8.03. The number of nitrogens with zero attached hydrogens (tertiary/aromatic N) is 1. The number of amides is 2. The first-order chi connectivity index (χ1) is 14.4. The molecule has 8 heteroatoms. The number of carbonyl (C=O) groups is 3. The molecule has 176 valence electrons. The fraction of sp³-hybridized carbons (Fsp3) is 0.870. The van der Waals surface area contributed by atoms with E-state index in [0.717, 1.165) is 6.42 Å². The van der Waals surface area contributed by atoms with Crippen molar-refractivity contribution >= 4 is 17.8 Å². The third kappa shape index (κ3) is 3.65. The summed E-state index contributed by atoms with van der Waals surface area (Å²) < 4.78 is 11.8. The van der Waals surface area contributed by atoms with Gasteiger partial charge in [0, 0.05) is 5.54 Å². The van der Waals surface area contributed by atoms with Gasteiger partial charge in [0.25, 0.3) is 0 Å². The molecule has 1 spiro atoms. The maximum atomic E-state index is 13.9. The minimum absolute atomic E-state index is 0.0251. The Balaban J connectivity index is 2.12. The molecule has 8 nitrogen and oxygen atoms in total. The molecule has 0 aromatic carbocycles. The predicted octanol–water partition coefficient (Wildman–Crippen LogP) is 1.64. The fourth-order valence-corrected chi connectivity index (χ4v) is 5.86. The molecule has 2 bridgehead atoms. The number of esters is 1. The molecule has 3 aliphatic heterocycles. The molecule has 0 aliphatic carbocycles. The average molecular weight is 439 g/mol. The van der Waals surface area contributed by atoms with E-state index < -0.39 is 46.6 Å². The highest BCUT2D eigenvalue weighted by molar-refractivity contribution is 5.98. The largest absolute Gasteiger partial charge is 0.466 e. The van der Waals surface area contributed by atoms with Crippen LogP contribution in [-0.4, -0.2) is 69.8 Å². The van der Waals surface area contributed by atoms with Crippen LogP contribution in [0.15, 0.2) is 0 Å². The number of ether oxygens (including phenoxy) is 2. The molecule has 0 aromatic heterocycles. The van der Waals surface area contributed by atoms with E-state index in [2.05, 4.69) is 5.32 Å². The molecule has 3 rings (SSSR count). The monoisotopic (exact) mass is 438 g/mol. The minimum atomic E-state index is -1.10. The maximum absolute atomic E-state index is 13.9. The normalized spacial score (nSPS) is 36.3. The molecule has 3 fully saturated rings. The molecule has 2 amide bonds. The summed E-state index contributed by atoms with van der Waals surface area (Å²) in [5.41, 5.74) is -2.45. The fourth-order valence-electron chi connectivity index (χ4n) is 5.86. The van der Waals surface area contributed by atoms with Gasteiger partial charge in [-0.1, -0.05) is 20.3 Å². The number of carbonyl (C=O) groups excluding carboxylic acids is 3. The number of rotatable bonds is 7. The summed E-state index contributed by atoms with van der Waals surface area (Å²) in [4.78, 5) is 41.9. The van der Waals surface area contributed by atoms with E-state index in [-0.39, 0.29) is 30.9 Å². The van der Waals surface area contributed by atoms with Crippen LogP contribution in [0, 0.1) is 17.8 Å². The Morgan fingerprint density at radius 1 is 1.32 bits per heavy atom. The van der Waals surface area contributed by atoms with Gasteiger partial charge in [0.05, 0.1) is 30.8 Å². The Hall–Kier alpha value is -1.67. The van der Waals surface area contributed by atoms with E-state index >= 15 is 0 Å². The highest BCUT2D eigenvalue weighted by Crippen LogP contribution is 2.63. The summed E-state index contributed by atoms with van der Waals surface area (Å²) in [6, 6.07) is -1.44. The van der Waals surface area contributed by atoms with Gasteiger partial charge in [-0.3, -0.25) is 14.4 Å². The van der Waals surface area contributed by atoms with Gasteiger partial charge in [-0.05, 0) is 53.4 Å². The van der Waals surface area contributed by atoms with E-state index in [4.69, 9.17) is 9.47 Å². The van der Waals surface area contributed by atoms with Crippen LogP contribution in [-0.2, 0) is 23.9 Å². The molecular weight excluding hydrogens is 400 g/mol. The van der Waals surface area contributed by atoms with Gasteiger partial charge < -0.3 is 24.8 Å². The molecule has 2 N–H and O–H groups in total. The van der Waals surface area contributed by atoms with Gasteiger partial charge in [-0.25, -0.2) is 0 Å². The Morgan fingerprint density at radius 2 is 1.97 bits per heavy atom. The van der Waals surface area contributed by atoms with Crippen molar-refractivity contribution in [1.29, 1.82) is 0 Å². The van der Waals surface area contributed by atoms with Crippen molar-refractivity contribution in [1.82, 2.24) is 10.2 Å². The van der Waals surface area contributed by atoms with E-state index in [1.165, 1.54) is 4.90 Å². The quantitative estimate of drug-likeness (QED) is 0.586. The number of likely N-dealkylation sites (tertiary alicyclic amines) is 1. The van der Waals surface area contributed by atoms with E-state index in [1.807, 2.05) is 41.5 Å². The first kappa shape index (κ1) is 24.0. The number of aliphatic hydroxyl groups excluding tert-OH is 1. The van der Waals surface area contributed by atoms with E-state index in [1.54, 1.807) is 6.92 Å². The van der Waals surface area contributed by atoms with Crippen molar-refractivity contribution in [2.24, 2.45) is 17.8 Å². The summed E-state index contributed by atoms with van der Waals surface area (Å²) in [5, 5.41) is 13.2. The van der Waals surface area contributed by atoms with Gasteiger partial charge in [-0.2, -0.15) is 0 Å². The van der Waals surface area contributed by atoms with Crippen LogP contribution in [0.1, 0.15) is 67.7 Å². The van der Waals surface area contributed by atoms with Crippen LogP contribution in [0.5, 0.6) is 0 Å². The highest BCUT2D eigenvalue weighted by atomic mass is 16.6. The van der Waals surface area contributed by atoms with Gasteiger partial charge in [0.2, 0.25) is 11.8 Å². The lowest BCUT2D eigenvalue weighted by Gasteiger charge is -2.40. The second-order valence-corrected chi connectivity index (χ2v) is 10.6. The third-order valence-electron chi connectivity index (χ3n) is 7.35. The smallest absolute Gasteiger partial charge is 0.312 e. The zero-order chi connectivity index (χ0) is 23.4. The van der Waals surface area contributed by atoms with Crippen molar-refractivity contribution in [3.05, 3.63) is 0 Å². The topological polar surface area (TPSA) is 105 Å². The summed E-state index contributed by atoms with van der Waals surface area (Å²) in [6.07, 6.45) is 1.81. The third-order valence-corrected chi connectivity index (χ3v) is 7.35. The lowest BCUT2D eigenvalue weighted by molar-refractivity contribution is -0.161. The minimum Gasteiger partial charge on any atom is -0.466 e. The van der Waals surface area contributed by atoms with Crippen molar-refractivity contribution in [3.8, 4) is 0 Å². The second-order valence-electron chi connectivity index (χ2n) is 10.6. The van der Waals surface area contributed by atoms with Gasteiger partial charge in [-0.15, -0.1) is 0 Å². The Labute approximate surface area is 185 Å². The first-order valence-electron chi connectivity index (χ1n) is 11.5. The number of aliphatic hydroxyl groups is 1. The Morgan fingerprint density at radius 3 is 2.48 bits per heavy atom. The molecule has 0 saturated carbocycles. The van der Waals surface area contributed by atoms with Crippen LogP contribution in [0.4, 0.5) is 0 Å². The summed E-state index contributed by atoms with van der Waals surface area (Å²) in [5.74, 6) is -2.64. The predicted molar refractivity (Wildman–Crippen MR) is 114 cm³/mol. The zero-order valence-electron chi connectivity index (χ0n) is 19.9. The first-order valence-corrected chi connectivity index (χ1v) is 11.5. The van der Waals surface area contributed by atoms with E-state index in [0.29, 0.717) is 12.8 Å². The molecule has 3 aliphatic rings. The highest BCUT2D eigenvalue weighted by Gasteiger charge is 2.79. The van der Waals surface area contributed by atoms with Crippen molar-refractivity contribution in [2.75, 3.05) is 13.2 Å². The molecule has 31 heavy (non-hydrogen) atoms. The number of nitrogens with one attached hydrogen (secondary N) is 1. The van der Waals surface area contributed by atoms with Crippen LogP contribution in [0.3, 0.4) is 0 Å². The molecule has 7 atom stereocenters. The molecule has 3 saturated heterocycles. The maximum Gasteiger partial charge on any atom is 0.312 e. The number of fused-ring (bicyclic) bond motifs is 1. The lowest BCUT2D eigenvalue weighted by Crippen LogP contribution is -2.61. The van der Waals surface area contributed by atoms with E-state index in [9.17, 15) is 19.5 Å².